The number of nitrogen functional groups attached to an aromatic ring is 1. The third kappa shape index (κ3) is 3.57. The van der Waals surface area contributed by atoms with Crippen molar-refractivity contribution < 1.29 is 19.0 Å². The predicted molar refractivity (Wildman–Crippen MR) is 120 cm³/mol. The van der Waals surface area contributed by atoms with Crippen LogP contribution >= 0.6 is 0 Å². The lowest BCUT2D eigenvalue weighted by atomic mass is 9.98. The van der Waals surface area contributed by atoms with Gasteiger partial charge in [0.1, 0.15) is 17.1 Å². The first-order valence-electron chi connectivity index (χ1n) is 10.2. The van der Waals surface area contributed by atoms with Crippen LogP contribution in [0.4, 0.5) is 21.6 Å². The molecule has 0 unspecified atom stereocenters. The van der Waals surface area contributed by atoms with Crippen molar-refractivity contribution in [3.63, 3.8) is 0 Å². The number of rotatable bonds is 6. The van der Waals surface area contributed by atoms with Crippen LogP contribution < -0.4 is 26.5 Å². The summed E-state index contributed by atoms with van der Waals surface area (Å²) >= 11 is 0. The number of hydrogen-bond acceptors (Lipinski definition) is 7. The van der Waals surface area contributed by atoms with E-state index in [4.69, 9.17) is 10.5 Å². The minimum atomic E-state index is -1.40. The summed E-state index contributed by atoms with van der Waals surface area (Å²) in [5.41, 5.74) is 4.04. The molecule has 3 aromatic rings. The topological polar surface area (TPSA) is 132 Å². The molecule has 0 spiro atoms. The lowest BCUT2D eigenvalue weighted by molar-refractivity contribution is 0.0694. The third-order valence-corrected chi connectivity index (χ3v) is 5.62. The van der Waals surface area contributed by atoms with Crippen LogP contribution in [0.3, 0.4) is 0 Å². The number of benzene rings is 1. The number of nitrogens with two attached hydrogens (primary N) is 1. The van der Waals surface area contributed by atoms with Gasteiger partial charge in [-0.15, -0.1) is 0 Å². The highest BCUT2D eigenvalue weighted by molar-refractivity contribution is 6.03. The Hall–Kier alpha value is -3.82. The zero-order valence-corrected chi connectivity index (χ0v) is 17.7. The molecule has 2 aromatic heterocycles. The van der Waals surface area contributed by atoms with Crippen LogP contribution in [0.5, 0.6) is 5.75 Å². The number of hydrogen-bond donors (Lipinski definition) is 4. The highest BCUT2D eigenvalue weighted by Gasteiger charge is 2.33. The quantitative estimate of drug-likeness (QED) is 0.339. The molecule has 4 rings (SSSR count). The van der Waals surface area contributed by atoms with Crippen molar-refractivity contribution in [3.05, 3.63) is 52.2 Å². The number of halogens is 1. The highest BCUT2D eigenvalue weighted by atomic mass is 19.1. The van der Waals surface area contributed by atoms with Crippen molar-refractivity contribution >= 4 is 34.1 Å². The number of ether oxygens (including phenoxy) is 1. The maximum Gasteiger partial charge on any atom is 0.341 e. The minimum absolute atomic E-state index is 0.0340. The molecule has 10 heteroatoms. The van der Waals surface area contributed by atoms with E-state index in [9.17, 15) is 14.7 Å². The first-order chi connectivity index (χ1) is 15.2. The Morgan fingerprint density at radius 2 is 2.09 bits per heavy atom. The molecule has 3 heterocycles. The first-order valence-corrected chi connectivity index (χ1v) is 10.2. The van der Waals surface area contributed by atoms with Crippen LogP contribution in [0.1, 0.15) is 30.6 Å². The average molecular weight is 441 g/mol. The maximum absolute atomic E-state index is 15.3. The molecule has 1 aliphatic rings. The molecule has 168 valence electrons. The van der Waals surface area contributed by atoms with Gasteiger partial charge in [-0.2, -0.15) is 0 Å². The van der Waals surface area contributed by atoms with Gasteiger partial charge in [-0.1, -0.05) is 6.07 Å². The second-order valence-electron chi connectivity index (χ2n) is 8.18. The number of nitrogens with zero attached hydrogens (tertiary/aromatic N) is 2. The fraction of sp³-hybridized carbons (Fsp3) is 0.318. The van der Waals surface area contributed by atoms with Crippen molar-refractivity contribution in [1.29, 1.82) is 0 Å². The second-order valence-corrected chi connectivity index (χ2v) is 8.18. The van der Waals surface area contributed by atoms with Crippen LogP contribution in [-0.4, -0.2) is 40.3 Å². The minimum Gasteiger partial charge on any atom is -0.489 e. The van der Waals surface area contributed by atoms with Gasteiger partial charge in [0.05, 0.1) is 23.2 Å². The van der Waals surface area contributed by atoms with Gasteiger partial charge >= 0.3 is 5.97 Å². The van der Waals surface area contributed by atoms with E-state index in [1.165, 1.54) is 6.20 Å². The van der Waals surface area contributed by atoms with Gasteiger partial charge in [0.2, 0.25) is 5.43 Å². The van der Waals surface area contributed by atoms with Crippen LogP contribution in [0.25, 0.3) is 10.9 Å². The Kier molecular flexibility index (Phi) is 5.37. The second kappa shape index (κ2) is 8.03. The standard InChI is InChI=1S/C22H24FN5O4/c1-22(2)6-10-32-20-17(27-9-8-26-13-5-3-4-7-25-13)15(23)16(24)14-18(20)28(22)11-12(19(14)29)21(30)31/h3-5,7,11,27H,6,8-10,24H2,1-2H3,(H,25,26)(H,30,31). The molecule has 0 saturated carbocycles. The maximum atomic E-state index is 15.3. The van der Waals surface area contributed by atoms with Gasteiger partial charge in [-0.05, 0) is 26.0 Å². The summed E-state index contributed by atoms with van der Waals surface area (Å²) in [6, 6.07) is 5.46. The molecule has 1 aliphatic heterocycles. The molecule has 0 saturated heterocycles. The van der Waals surface area contributed by atoms with Gasteiger partial charge in [-0.25, -0.2) is 14.2 Å². The first kappa shape index (κ1) is 21.4. The van der Waals surface area contributed by atoms with E-state index in [0.29, 0.717) is 25.3 Å². The van der Waals surface area contributed by atoms with Crippen molar-refractivity contribution in [3.8, 4) is 5.75 Å². The van der Waals surface area contributed by atoms with Gasteiger partial charge in [0.25, 0.3) is 0 Å². The van der Waals surface area contributed by atoms with E-state index in [-0.39, 0.29) is 28.9 Å². The molecule has 0 atom stereocenters. The molecular weight excluding hydrogens is 417 g/mol. The summed E-state index contributed by atoms with van der Waals surface area (Å²) in [5.74, 6) is -1.43. The van der Waals surface area contributed by atoms with E-state index >= 15 is 4.39 Å². The van der Waals surface area contributed by atoms with E-state index in [1.807, 2.05) is 26.0 Å². The Balaban J connectivity index is 1.82. The number of nitrogens with one attached hydrogen (secondary N) is 2. The lowest BCUT2D eigenvalue weighted by Crippen LogP contribution is -2.30. The molecule has 32 heavy (non-hydrogen) atoms. The van der Waals surface area contributed by atoms with Crippen molar-refractivity contribution in [1.82, 2.24) is 9.55 Å². The van der Waals surface area contributed by atoms with Gasteiger partial charge in [-0.3, -0.25) is 4.79 Å². The predicted octanol–water partition coefficient (Wildman–Crippen LogP) is 2.86. The average Bonchev–Trinajstić information content (AvgIpc) is 2.88. The molecule has 0 aliphatic carbocycles. The largest absolute Gasteiger partial charge is 0.489 e. The Morgan fingerprint density at radius 1 is 1.34 bits per heavy atom. The lowest BCUT2D eigenvalue weighted by Gasteiger charge is -2.28. The van der Waals surface area contributed by atoms with E-state index in [2.05, 4.69) is 15.6 Å². The highest BCUT2D eigenvalue weighted by Crippen LogP contribution is 2.43. The molecule has 0 radical (unpaired) electrons. The van der Waals surface area contributed by atoms with E-state index < -0.39 is 34.0 Å². The molecule has 0 fully saturated rings. The third-order valence-electron chi connectivity index (χ3n) is 5.62. The van der Waals surface area contributed by atoms with Crippen LogP contribution in [0.2, 0.25) is 0 Å². The van der Waals surface area contributed by atoms with Gasteiger partial charge < -0.3 is 30.8 Å². The number of carbonyl (C=O) groups is 1. The fourth-order valence-electron chi connectivity index (χ4n) is 3.85. The van der Waals surface area contributed by atoms with Crippen molar-refractivity contribution in [2.75, 3.05) is 36.1 Å². The summed E-state index contributed by atoms with van der Waals surface area (Å²) in [6.07, 6.45) is 3.46. The van der Waals surface area contributed by atoms with Crippen LogP contribution in [0, 0.1) is 5.82 Å². The van der Waals surface area contributed by atoms with Crippen LogP contribution in [-0.2, 0) is 5.54 Å². The van der Waals surface area contributed by atoms with Gasteiger partial charge in [0, 0.05) is 37.4 Å². The molecule has 0 bridgehead atoms. The Bertz CT molecular complexity index is 1260. The molecule has 0 amide bonds. The normalized spacial score (nSPS) is 14.5. The summed E-state index contributed by atoms with van der Waals surface area (Å²) in [5, 5.41) is 15.5. The number of aromatic carboxylic acids is 1. The molecule has 1 aromatic carbocycles. The zero-order chi connectivity index (χ0) is 23.0. The van der Waals surface area contributed by atoms with Crippen molar-refractivity contribution in [2.24, 2.45) is 0 Å². The number of carboxylic acid groups (broad SMARTS) is 1. The monoisotopic (exact) mass is 441 g/mol. The number of carboxylic acids is 1. The summed E-state index contributed by atoms with van der Waals surface area (Å²) in [4.78, 5) is 28.8. The van der Waals surface area contributed by atoms with E-state index in [1.54, 1.807) is 16.8 Å². The summed E-state index contributed by atoms with van der Waals surface area (Å²) in [6.45, 7) is 4.79. The summed E-state index contributed by atoms with van der Waals surface area (Å²) < 4.78 is 22.9. The Labute approximate surface area is 183 Å². The number of aromatic nitrogens is 2. The number of pyridine rings is 2. The number of anilines is 3. The molecule has 9 nitrogen and oxygen atoms in total. The molecular formula is C22H24FN5O4. The Morgan fingerprint density at radius 3 is 2.78 bits per heavy atom. The summed E-state index contributed by atoms with van der Waals surface area (Å²) in [7, 11) is 0. The molecule has 5 N–H and O–H groups in total. The zero-order valence-electron chi connectivity index (χ0n) is 17.7. The SMILES string of the molecule is CC1(C)CCOc2c(NCCNc3ccccn3)c(F)c(N)c3c(=O)c(C(=O)O)cn1c23. The smallest absolute Gasteiger partial charge is 0.341 e. The van der Waals surface area contributed by atoms with Crippen LogP contribution in [0.15, 0.2) is 35.4 Å². The van der Waals surface area contributed by atoms with E-state index in [0.717, 1.165) is 0 Å². The fourth-order valence-corrected chi connectivity index (χ4v) is 3.85. The van der Waals surface area contributed by atoms with Crippen molar-refractivity contribution in [2.45, 2.75) is 25.8 Å². The van der Waals surface area contributed by atoms with Gasteiger partial charge in [0.15, 0.2) is 11.6 Å².